The van der Waals surface area contributed by atoms with Gasteiger partial charge in [0.2, 0.25) is 0 Å². The minimum absolute atomic E-state index is 0.123. The van der Waals surface area contributed by atoms with Crippen molar-refractivity contribution in [1.82, 2.24) is 14.6 Å². The number of halogens is 1. The average Bonchev–Trinajstić information content (AvgIpc) is 2.75. The molecule has 3 rings (SSSR count). The molecule has 2 aromatic heterocycles. The highest BCUT2D eigenvalue weighted by molar-refractivity contribution is 9.10. The van der Waals surface area contributed by atoms with E-state index < -0.39 is 0 Å². The fraction of sp³-hybridized carbons (Fsp3) is 0. The van der Waals surface area contributed by atoms with E-state index in [-0.39, 0.29) is 5.75 Å². The fourth-order valence-corrected chi connectivity index (χ4v) is 2.11. The third-order valence-corrected chi connectivity index (χ3v) is 3.15. The Morgan fingerprint density at radius 3 is 2.71 bits per heavy atom. The van der Waals surface area contributed by atoms with Crippen molar-refractivity contribution in [3.63, 3.8) is 0 Å². The summed E-state index contributed by atoms with van der Waals surface area (Å²) in [5, 5.41) is 14.0. The Kier molecular flexibility index (Phi) is 2.33. The number of aromatic nitrogens is 3. The molecule has 0 unspecified atom stereocenters. The van der Waals surface area contributed by atoms with Gasteiger partial charge in [-0.05, 0) is 24.3 Å². The second-order valence-electron chi connectivity index (χ2n) is 3.58. The molecule has 0 aliphatic carbocycles. The summed E-state index contributed by atoms with van der Waals surface area (Å²) in [6, 6.07) is 11.0. The Morgan fingerprint density at radius 1 is 1.12 bits per heavy atom. The van der Waals surface area contributed by atoms with Crippen LogP contribution < -0.4 is 0 Å². The van der Waals surface area contributed by atoms with Crippen LogP contribution in [0.2, 0.25) is 0 Å². The van der Waals surface area contributed by atoms with E-state index in [1.54, 1.807) is 22.8 Å². The summed E-state index contributed by atoms with van der Waals surface area (Å²) in [6.07, 6.45) is 1.75. The second kappa shape index (κ2) is 3.85. The lowest BCUT2D eigenvalue weighted by molar-refractivity contribution is 0.477. The van der Waals surface area contributed by atoms with E-state index in [1.807, 2.05) is 24.3 Å². The number of hydrogen-bond donors (Lipinski definition) is 1. The highest BCUT2D eigenvalue weighted by atomic mass is 79.9. The van der Waals surface area contributed by atoms with Gasteiger partial charge in [0, 0.05) is 16.2 Å². The van der Waals surface area contributed by atoms with Crippen LogP contribution in [0.15, 0.2) is 47.1 Å². The van der Waals surface area contributed by atoms with Crippen molar-refractivity contribution in [2.45, 2.75) is 0 Å². The summed E-state index contributed by atoms with van der Waals surface area (Å²) >= 11 is 3.46. The first-order valence-corrected chi connectivity index (χ1v) is 5.84. The maximum absolute atomic E-state index is 9.67. The fourth-order valence-electron chi connectivity index (χ4n) is 1.65. The number of benzene rings is 1. The van der Waals surface area contributed by atoms with Crippen molar-refractivity contribution in [2.24, 2.45) is 0 Å². The molecule has 5 heteroatoms. The summed E-state index contributed by atoms with van der Waals surface area (Å²) in [5.41, 5.74) is 1.36. The molecule has 0 aliphatic heterocycles. The van der Waals surface area contributed by atoms with Crippen LogP contribution in [0, 0.1) is 0 Å². The van der Waals surface area contributed by atoms with Crippen LogP contribution in [0.1, 0.15) is 0 Å². The van der Waals surface area contributed by atoms with Crippen LogP contribution >= 0.6 is 15.9 Å². The van der Waals surface area contributed by atoms with Gasteiger partial charge in [-0.3, -0.25) is 0 Å². The Labute approximate surface area is 106 Å². The maximum Gasteiger partial charge on any atom is 0.198 e. The second-order valence-corrected chi connectivity index (χ2v) is 4.43. The molecule has 0 fully saturated rings. The molecule has 0 saturated carbocycles. The number of hydrogen-bond acceptors (Lipinski definition) is 3. The average molecular weight is 290 g/mol. The molecule has 0 amide bonds. The van der Waals surface area contributed by atoms with Gasteiger partial charge >= 0.3 is 0 Å². The zero-order valence-electron chi connectivity index (χ0n) is 8.71. The van der Waals surface area contributed by atoms with Gasteiger partial charge in [-0.15, -0.1) is 5.10 Å². The van der Waals surface area contributed by atoms with Gasteiger partial charge in [-0.1, -0.05) is 28.1 Å². The highest BCUT2D eigenvalue weighted by Gasteiger charge is 2.10. The number of fused-ring (bicyclic) bond motifs is 1. The molecule has 4 nitrogen and oxygen atoms in total. The van der Waals surface area contributed by atoms with Crippen LogP contribution in [0.5, 0.6) is 5.75 Å². The van der Waals surface area contributed by atoms with E-state index in [1.165, 1.54) is 0 Å². The van der Waals surface area contributed by atoms with Crippen LogP contribution in [0.4, 0.5) is 0 Å². The number of nitrogens with zero attached hydrogens (tertiary/aromatic N) is 3. The molecule has 0 atom stereocenters. The summed E-state index contributed by atoms with van der Waals surface area (Å²) < 4.78 is 2.49. The normalized spacial score (nSPS) is 10.9. The topological polar surface area (TPSA) is 50.4 Å². The lowest BCUT2D eigenvalue weighted by atomic mass is 10.2. The SMILES string of the molecule is Oc1cccn2nc(-c3ccccc3Br)nc12. The first-order chi connectivity index (χ1) is 8.25. The summed E-state index contributed by atoms with van der Waals surface area (Å²) in [5.74, 6) is 0.706. The quantitative estimate of drug-likeness (QED) is 0.749. The summed E-state index contributed by atoms with van der Waals surface area (Å²) in [6.45, 7) is 0. The smallest absolute Gasteiger partial charge is 0.198 e. The van der Waals surface area contributed by atoms with E-state index in [9.17, 15) is 5.11 Å². The Bertz CT molecular complexity index is 693. The van der Waals surface area contributed by atoms with Crippen molar-refractivity contribution in [2.75, 3.05) is 0 Å². The molecule has 1 N–H and O–H groups in total. The van der Waals surface area contributed by atoms with Gasteiger partial charge in [0.25, 0.3) is 0 Å². The third kappa shape index (κ3) is 1.68. The standard InChI is InChI=1S/C12H8BrN3O/c13-9-5-2-1-4-8(9)11-14-12-10(17)6-3-7-16(12)15-11/h1-7,17H. The zero-order chi connectivity index (χ0) is 11.8. The molecule has 2 heterocycles. The summed E-state index contributed by atoms with van der Waals surface area (Å²) in [7, 11) is 0. The van der Waals surface area contributed by atoms with Crippen LogP contribution in [0.25, 0.3) is 17.0 Å². The molecule has 84 valence electrons. The Morgan fingerprint density at radius 2 is 1.94 bits per heavy atom. The number of rotatable bonds is 1. The Hall–Kier alpha value is -1.88. The molecule has 3 aromatic rings. The van der Waals surface area contributed by atoms with E-state index in [2.05, 4.69) is 26.0 Å². The summed E-state index contributed by atoms with van der Waals surface area (Å²) in [4.78, 5) is 4.32. The predicted octanol–water partition coefficient (Wildman–Crippen LogP) is 2.86. The first kappa shape index (κ1) is 10.3. The van der Waals surface area contributed by atoms with Crippen LogP contribution in [-0.2, 0) is 0 Å². The van der Waals surface area contributed by atoms with Crippen LogP contribution in [-0.4, -0.2) is 19.7 Å². The van der Waals surface area contributed by atoms with Gasteiger partial charge in [-0.25, -0.2) is 9.50 Å². The van der Waals surface area contributed by atoms with Crippen LogP contribution in [0.3, 0.4) is 0 Å². The molecule has 17 heavy (non-hydrogen) atoms. The lowest BCUT2D eigenvalue weighted by Crippen LogP contribution is -1.86. The monoisotopic (exact) mass is 289 g/mol. The lowest BCUT2D eigenvalue weighted by Gasteiger charge is -1.96. The zero-order valence-corrected chi connectivity index (χ0v) is 10.3. The molecular weight excluding hydrogens is 282 g/mol. The van der Waals surface area contributed by atoms with E-state index in [0.29, 0.717) is 11.5 Å². The Balaban J connectivity index is 2.26. The number of pyridine rings is 1. The van der Waals surface area contributed by atoms with Gasteiger partial charge in [0.15, 0.2) is 17.2 Å². The highest BCUT2D eigenvalue weighted by Crippen LogP contribution is 2.27. The van der Waals surface area contributed by atoms with Crippen molar-refractivity contribution >= 4 is 21.6 Å². The van der Waals surface area contributed by atoms with Crippen molar-refractivity contribution < 1.29 is 5.11 Å². The largest absolute Gasteiger partial charge is 0.504 e. The van der Waals surface area contributed by atoms with Gasteiger partial charge in [0.05, 0.1) is 0 Å². The van der Waals surface area contributed by atoms with Crippen molar-refractivity contribution in [1.29, 1.82) is 0 Å². The molecule has 0 radical (unpaired) electrons. The predicted molar refractivity (Wildman–Crippen MR) is 67.8 cm³/mol. The first-order valence-electron chi connectivity index (χ1n) is 5.05. The van der Waals surface area contributed by atoms with Gasteiger partial charge in [0.1, 0.15) is 0 Å². The minimum Gasteiger partial charge on any atom is -0.504 e. The van der Waals surface area contributed by atoms with Crippen molar-refractivity contribution in [3.05, 3.63) is 47.1 Å². The molecular formula is C12H8BrN3O. The molecule has 0 aliphatic rings. The maximum atomic E-state index is 9.67. The van der Waals surface area contributed by atoms with E-state index in [0.717, 1.165) is 10.0 Å². The van der Waals surface area contributed by atoms with E-state index >= 15 is 0 Å². The van der Waals surface area contributed by atoms with E-state index in [4.69, 9.17) is 0 Å². The molecule has 0 spiro atoms. The minimum atomic E-state index is 0.123. The molecule has 0 saturated heterocycles. The van der Waals surface area contributed by atoms with Crippen molar-refractivity contribution in [3.8, 4) is 17.1 Å². The van der Waals surface area contributed by atoms with Gasteiger partial charge in [-0.2, -0.15) is 0 Å². The third-order valence-electron chi connectivity index (χ3n) is 2.46. The van der Waals surface area contributed by atoms with Gasteiger partial charge < -0.3 is 5.11 Å². The molecule has 1 aromatic carbocycles. The number of aromatic hydroxyl groups is 1. The molecule has 0 bridgehead atoms.